The highest BCUT2D eigenvalue weighted by atomic mass is 35.5. The number of hydrogen-bond acceptors (Lipinski definition) is 5. The zero-order valence-electron chi connectivity index (χ0n) is 16.1. The Morgan fingerprint density at radius 2 is 1.90 bits per heavy atom. The Morgan fingerprint density at radius 3 is 2.48 bits per heavy atom. The molecule has 0 saturated carbocycles. The molecule has 1 aromatic carbocycles. The number of aromatic nitrogens is 4. The van der Waals surface area contributed by atoms with Gasteiger partial charge in [-0.2, -0.15) is 17.9 Å². The summed E-state index contributed by atoms with van der Waals surface area (Å²) in [5.74, 6) is -1.08. The van der Waals surface area contributed by atoms with Crippen LogP contribution in [0.25, 0.3) is 5.82 Å². The van der Waals surface area contributed by atoms with Crippen LogP contribution in [-0.2, 0) is 6.18 Å². The van der Waals surface area contributed by atoms with Gasteiger partial charge >= 0.3 is 12.1 Å². The number of aryl methyl sites for hydroxylation is 1. The number of amides is 1. The quantitative estimate of drug-likeness (QED) is 0.607. The lowest BCUT2D eigenvalue weighted by Crippen LogP contribution is -2.29. The number of nitrogens with zero attached hydrogens (tertiary/aromatic N) is 4. The molecule has 0 aliphatic carbocycles. The number of hydrogen-bond donors (Lipinski definition) is 2. The maximum atomic E-state index is 13.0. The van der Waals surface area contributed by atoms with E-state index in [1.807, 2.05) is 0 Å². The third kappa shape index (κ3) is 5.00. The molecule has 162 valence electrons. The molecule has 8 nitrogen and oxygen atoms in total. The lowest BCUT2D eigenvalue weighted by Gasteiger charge is -2.15. The molecule has 1 atom stereocenters. The molecule has 0 saturated heterocycles. The van der Waals surface area contributed by atoms with Gasteiger partial charge in [-0.1, -0.05) is 11.6 Å². The zero-order valence-corrected chi connectivity index (χ0v) is 16.9. The van der Waals surface area contributed by atoms with E-state index < -0.39 is 29.7 Å². The molecule has 3 rings (SSSR count). The van der Waals surface area contributed by atoms with E-state index in [0.29, 0.717) is 11.9 Å². The maximum Gasteiger partial charge on any atom is 0.416 e. The number of carbonyl (C=O) groups is 2. The second-order valence-electron chi connectivity index (χ2n) is 6.56. The zero-order chi connectivity index (χ0) is 22.9. The van der Waals surface area contributed by atoms with Gasteiger partial charge in [0.25, 0.3) is 5.91 Å². The van der Waals surface area contributed by atoms with Crippen LogP contribution in [0, 0.1) is 6.92 Å². The van der Waals surface area contributed by atoms with Crippen LogP contribution < -0.4 is 5.32 Å². The minimum absolute atomic E-state index is 0.0232. The predicted molar refractivity (Wildman–Crippen MR) is 103 cm³/mol. The molecular formula is C19H15ClF3N5O3. The molecule has 0 bridgehead atoms. The van der Waals surface area contributed by atoms with Gasteiger partial charge in [-0.05, 0) is 44.2 Å². The average Bonchev–Trinajstić information content (AvgIpc) is 3.08. The van der Waals surface area contributed by atoms with E-state index >= 15 is 0 Å². The molecule has 2 aromatic heterocycles. The van der Waals surface area contributed by atoms with Crippen molar-refractivity contribution in [2.75, 3.05) is 0 Å². The van der Waals surface area contributed by atoms with Gasteiger partial charge in [0.05, 0.1) is 17.2 Å². The summed E-state index contributed by atoms with van der Waals surface area (Å²) in [5, 5.41) is 15.5. The molecule has 0 aliphatic heterocycles. The number of halogens is 4. The van der Waals surface area contributed by atoms with E-state index in [9.17, 15) is 22.8 Å². The molecule has 0 fully saturated rings. The summed E-state index contributed by atoms with van der Waals surface area (Å²) in [6, 6.07) is 4.54. The number of alkyl halides is 3. The van der Waals surface area contributed by atoms with Crippen molar-refractivity contribution in [1.29, 1.82) is 0 Å². The molecule has 12 heteroatoms. The minimum atomic E-state index is -4.66. The number of rotatable bonds is 5. The summed E-state index contributed by atoms with van der Waals surface area (Å²) in [6.45, 7) is 3.17. The van der Waals surface area contributed by atoms with Crippen molar-refractivity contribution in [3.8, 4) is 5.82 Å². The maximum absolute atomic E-state index is 13.0. The topological polar surface area (TPSA) is 110 Å². The summed E-state index contributed by atoms with van der Waals surface area (Å²) >= 11 is 5.74. The average molecular weight is 454 g/mol. The molecule has 0 aliphatic rings. The second-order valence-corrected chi connectivity index (χ2v) is 7.00. The van der Waals surface area contributed by atoms with E-state index in [4.69, 9.17) is 16.7 Å². The molecule has 1 amide bonds. The number of carboxylic acids is 1. The Hall–Kier alpha value is -3.47. The first-order valence-corrected chi connectivity index (χ1v) is 9.15. The Labute approximate surface area is 178 Å². The fraction of sp³-hybridized carbons (Fsp3) is 0.211. The Bertz CT molecular complexity index is 1150. The molecule has 2 heterocycles. The monoisotopic (exact) mass is 453 g/mol. The van der Waals surface area contributed by atoms with Gasteiger partial charge in [0.2, 0.25) is 0 Å². The summed E-state index contributed by atoms with van der Waals surface area (Å²) in [6.07, 6.45) is -3.51. The van der Waals surface area contributed by atoms with E-state index in [1.54, 1.807) is 13.8 Å². The SMILES string of the molecule is Cc1nc([C@H](C)NC(=O)c2cc(Cl)cc(C(F)(F)F)c2)n(-c2ccc(C(=O)O)cn2)n1. The summed E-state index contributed by atoms with van der Waals surface area (Å²) in [7, 11) is 0. The molecule has 0 unspecified atom stereocenters. The van der Waals surface area contributed by atoms with Crippen LogP contribution in [0.2, 0.25) is 5.02 Å². The number of carbonyl (C=O) groups excluding carboxylic acids is 1. The van der Waals surface area contributed by atoms with Crippen molar-refractivity contribution >= 4 is 23.5 Å². The van der Waals surface area contributed by atoms with Crippen LogP contribution in [0.1, 0.15) is 50.9 Å². The molecule has 0 radical (unpaired) electrons. The Balaban J connectivity index is 1.88. The Morgan fingerprint density at radius 1 is 1.19 bits per heavy atom. The van der Waals surface area contributed by atoms with Crippen LogP contribution in [0.4, 0.5) is 13.2 Å². The normalized spacial score (nSPS) is 12.5. The van der Waals surface area contributed by atoms with Crippen molar-refractivity contribution < 1.29 is 27.9 Å². The first-order chi connectivity index (χ1) is 14.5. The number of benzene rings is 1. The summed E-state index contributed by atoms with van der Waals surface area (Å²) in [4.78, 5) is 31.8. The fourth-order valence-electron chi connectivity index (χ4n) is 2.75. The first-order valence-electron chi connectivity index (χ1n) is 8.77. The van der Waals surface area contributed by atoms with Crippen molar-refractivity contribution in [3.05, 3.63) is 69.9 Å². The largest absolute Gasteiger partial charge is 0.478 e. The standard InChI is InChI=1S/C19H15ClF3N5O3/c1-9(25-17(29)12-5-13(19(21,22)23)7-14(20)6-12)16-26-10(2)27-28(16)15-4-3-11(8-24-15)18(30)31/h3-9H,1-2H3,(H,25,29)(H,30,31)/t9-/m0/s1. The van der Waals surface area contributed by atoms with E-state index in [1.165, 1.54) is 16.8 Å². The predicted octanol–water partition coefficient (Wildman–Crippen LogP) is 3.83. The lowest BCUT2D eigenvalue weighted by atomic mass is 10.1. The smallest absolute Gasteiger partial charge is 0.416 e. The van der Waals surface area contributed by atoms with Crippen molar-refractivity contribution in [3.63, 3.8) is 0 Å². The highest BCUT2D eigenvalue weighted by Crippen LogP contribution is 2.32. The number of carboxylic acid groups (broad SMARTS) is 1. The van der Waals surface area contributed by atoms with Crippen LogP contribution in [0.15, 0.2) is 36.5 Å². The van der Waals surface area contributed by atoms with Gasteiger partial charge in [0.15, 0.2) is 11.6 Å². The summed E-state index contributed by atoms with van der Waals surface area (Å²) < 4.78 is 40.3. The van der Waals surface area contributed by atoms with Gasteiger partial charge in [-0.15, -0.1) is 5.10 Å². The molecular weight excluding hydrogens is 439 g/mol. The number of aromatic carboxylic acids is 1. The Kier molecular flexibility index (Phi) is 5.98. The van der Waals surface area contributed by atoms with Crippen molar-refractivity contribution in [2.24, 2.45) is 0 Å². The van der Waals surface area contributed by atoms with Crippen LogP contribution in [-0.4, -0.2) is 36.7 Å². The third-order valence-corrected chi connectivity index (χ3v) is 4.39. The van der Waals surface area contributed by atoms with Gasteiger partial charge in [-0.25, -0.2) is 14.8 Å². The summed E-state index contributed by atoms with van der Waals surface area (Å²) in [5.41, 5.74) is -1.33. The van der Waals surface area contributed by atoms with Gasteiger partial charge in [0.1, 0.15) is 5.82 Å². The number of pyridine rings is 1. The van der Waals surface area contributed by atoms with Gasteiger partial charge < -0.3 is 10.4 Å². The lowest BCUT2D eigenvalue weighted by molar-refractivity contribution is -0.137. The van der Waals surface area contributed by atoms with Crippen LogP contribution in [0.5, 0.6) is 0 Å². The van der Waals surface area contributed by atoms with Gasteiger partial charge in [-0.3, -0.25) is 4.79 Å². The molecule has 3 aromatic rings. The number of nitrogens with one attached hydrogen (secondary N) is 1. The third-order valence-electron chi connectivity index (χ3n) is 4.17. The van der Waals surface area contributed by atoms with Crippen molar-refractivity contribution in [2.45, 2.75) is 26.1 Å². The fourth-order valence-corrected chi connectivity index (χ4v) is 2.98. The van der Waals surface area contributed by atoms with E-state index in [2.05, 4.69) is 20.4 Å². The van der Waals surface area contributed by atoms with Crippen molar-refractivity contribution in [1.82, 2.24) is 25.1 Å². The van der Waals surface area contributed by atoms with E-state index in [0.717, 1.165) is 18.3 Å². The second kappa shape index (κ2) is 8.34. The highest BCUT2D eigenvalue weighted by Gasteiger charge is 2.32. The van der Waals surface area contributed by atoms with Gasteiger partial charge in [0, 0.05) is 16.8 Å². The molecule has 2 N–H and O–H groups in total. The first kappa shape index (κ1) is 22.2. The minimum Gasteiger partial charge on any atom is -0.478 e. The van der Waals surface area contributed by atoms with Crippen LogP contribution >= 0.6 is 11.6 Å². The molecule has 0 spiro atoms. The van der Waals surface area contributed by atoms with E-state index in [-0.39, 0.29) is 27.8 Å². The highest BCUT2D eigenvalue weighted by molar-refractivity contribution is 6.31. The molecule has 31 heavy (non-hydrogen) atoms. The van der Waals surface area contributed by atoms with Crippen LogP contribution in [0.3, 0.4) is 0 Å².